The van der Waals surface area contributed by atoms with E-state index in [1.54, 1.807) is 24.3 Å². The van der Waals surface area contributed by atoms with Crippen molar-refractivity contribution >= 4 is 12.2 Å². The number of hydrogen-bond donors (Lipinski definition) is 1. The third-order valence-electron chi connectivity index (χ3n) is 4.09. The van der Waals surface area contributed by atoms with E-state index in [0.717, 1.165) is 25.5 Å². The Balaban J connectivity index is 1.56. The standard InChI is InChI=1S/C19H19NO3/c21-12-14-8-10-16(11-9-14)23-13-19(22)20-18-7-3-5-15-4-1-2-6-17(15)18/h1-2,4,6,8-12,18H,3,5,7,13H2,(H,20,22)/t18-/m1/s1. The van der Waals surface area contributed by atoms with Crippen molar-refractivity contribution in [2.24, 2.45) is 0 Å². The second kappa shape index (κ2) is 7.09. The van der Waals surface area contributed by atoms with Crippen LogP contribution in [0.3, 0.4) is 0 Å². The molecular weight excluding hydrogens is 290 g/mol. The number of rotatable bonds is 5. The van der Waals surface area contributed by atoms with Gasteiger partial charge in [-0.1, -0.05) is 24.3 Å². The van der Waals surface area contributed by atoms with Gasteiger partial charge in [0.15, 0.2) is 6.61 Å². The summed E-state index contributed by atoms with van der Waals surface area (Å²) in [5.74, 6) is 0.445. The van der Waals surface area contributed by atoms with Crippen molar-refractivity contribution in [2.45, 2.75) is 25.3 Å². The fourth-order valence-corrected chi connectivity index (χ4v) is 2.93. The Morgan fingerprint density at radius 3 is 2.74 bits per heavy atom. The summed E-state index contributed by atoms with van der Waals surface area (Å²) in [7, 11) is 0. The van der Waals surface area contributed by atoms with Gasteiger partial charge in [-0.2, -0.15) is 0 Å². The summed E-state index contributed by atoms with van der Waals surface area (Å²) in [5, 5.41) is 3.05. The lowest BCUT2D eigenvalue weighted by molar-refractivity contribution is -0.123. The minimum atomic E-state index is -0.133. The van der Waals surface area contributed by atoms with Crippen LogP contribution in [0.1, 0.15) is 40.4 Å². The first kappa shape index (κ1) is 15.3. The van der Waals surface area contributed by atoms with Crippen molar-refractivity contribution in [1.29, 1.82) is 0 Å². The van der Waals surface area contributed by atoms with E-state index in [9.17, 15) is 9.59 Å². The summed E-state index contributed by atoms with van der Waals surface area (Å²) in [5.41, 5.74) is 3.11. The van der Waals surface area contributed by atoms with Gasteiger partial charge in [0.25, 0.3) is 5.91 Å². The number of aldehydes is 1. The first-order valence-electron chi connectivity index (χ1n) is 7.81. The molecule has 1 N–H and O–H groups in total. The van der Waals surface area contributed by atoms with Gasteiger partial charge in [0.05, 0.1) is 6.04 Å². The zero-order chi connectivity index (χ0) is 16.1. The largest absolute Gasteiger partial charge is 0.484 e. The molecule has 3 rings (SSSR count). The molecule has 4 heteroatoms. The molecule has 0 unspecified atom stereocenters. The Hall–Kier alpha value is -2.62. The van der Waals surface area contributed by atoms with Gasteiger partial charge in [-0.3, -0.25) is 9.59 Å². The summed E-state index contributed by atoms with van der Waals surface area (Å²) in [6, 6.07) is 15.0. The molecule has 0 fully saturated rings. The minimum absolute atomic E-state index is 0.0287. The molecule has 1 aliphatic carbocycles. The highest BCUT2D eigenvalue weighted by atomic mass is 16.5. The molecule has 4 nitrogen and oxygen atoms in total. The van der Waals surface area contributed by atoms with Crippen LogP contribution in [0.25, 0.3) is 0 Å². The van der Waals surface area contributed by atoms with Gasteiger partial charge >= 0.3 is 0 Å². The van der Waals surface area contributed by atoms with Crippen LogP contribution in [-0.4, -0.2) is 18.8 Å². The van der Waals surface area contributed by atoms with Crippen LogP contribution >= 0.6 is 0 Å². The predicted molar refractivity (Wildman–Crippen MR) is 87.6 cm³/mol. The molecule has 0 spiro atoms. The lowest BCUT2D eigenvalue weighted by Crippen LogP contribution is -2.34. The van der Waals surface area contributed by atoms with Crippen molar-refractivity contribution in [2.75, 3.05) is 6.61 Å². The Labute approximate surface area is 135 Å². The smallest absolute Gasteiger partial charge is 0.258 e. The van der Waals surface area contributed by atoms with Crippen LogP contribution in [0.5, 0.6) is 5.75 Å². The quantitative estimate of drug-likeness (QED) is 0.864. The number of carbonyl (C=O) groups excluding carboxylic acids is 2. The fourth-order valence-electron chi connectivity index (χ4n) is 2.93. The summed E-state index contributed by atoms with van der Waals surface area (Å²) in [4.78, 5) is 22.7. The van der Waals surface area contributed by atoms with E-state index in [4.69, 9.17) is 4.74 Å². The molecule has 118 valence electrons. The Kier molecular flexibility index (Phi) is 4.71. The topological polar surface area (TPSA) is 55.4 Å². The van der Waals surface area contributed by atoms with Gasteiger partial charge in [0, 0.05) is 5.56 Å². The van der Waals surface area contributed by atoms with Crippen molar-refractivity contribution < 1.29 is 14.3 Å². The number of amides is 1. The number of benzene rings is 2. The van der Waals surface area contributed by atoms with E-state index in [1.807, 2.05) is 12.1 Å². The van der Waals surface area contributed by atoms with Crippen LogP contribution in [0, 0.1) is 0 Å². The average Bonchev–Trinajstić information content (AvgIpc) is 2.61. The number of hydrogen-bond acceptors (Lipinski definition) is 3. The van der Waals surface area contributed by atoms with Crippen molar-refractivity contribution in [3.8, 4) is 5.75 Å². The highest BCUT2D eigenvalue weighted by Gasteiger charge is 2.21. The van der Waals surface area contributed by atoms with Crippen LogP contribution in [-0.2, 0) is 11.2 Å². The third kappa shape index (κ3) is 3.77. The second-order valence-corrected chi connectivity index (χ2v) is 5.69. The van der Waals surface area contributed by atoms with Crippen molar-refractivity contribution in [3.05, 3.63) is 65.2 Å². The van der Waals surface area contributed by atoms with Gasteiger partial charge < -0.3 is 10.1 Å². The summed E-state index contributed by atoms with van der Waals surface area (Å²) in [6.07, 6.45) is 3.88. The number of nitrogens with one attached hydrogen (secondary N) is 1. The lowest BCUT2D eigenvalue weighted by atomic mass is 9.88. The molecule has 0 heterocycles. The number of fused-ring (bicyclic) bond motifs is 1. The molecule has 0 radical (unpaired) electrons. The Bertz CT molecular complexity index is 694. The number of aryl methyl sites for hydroxylation is 1. The molecule has 1 amide bonds. The maximum Gasteiger partial charge on any atom is 0.258 e. The predicted octanol–water partition coefficient (Wildman–Crippen LogP) is 3.07. The van der Waals surface area contributed by atoms with Crippen LogP contribution < -0.4 is 10.1 Å². The summed E-state index contributed by atoms with van der Waals surface area (Å²) >= 11 is 0. The van der Waals surface area contributed by atoms with E-state index in [-0.39, 0.29) is 18.6 Å². The SMILES string of the molecule is O=Cc1ccc(OCC(=O)N[C@@H]2CCCc3ccccc32)cc1. The maximum absolute atomic E-state index is 12.1. The molecule has 23 heavy (non-hydrogen) atoms. The van der Waals surface area contributed by atoms with Crippen LogP contribution in [0.4, 0.5) is 0 Å². The molecule has 2 aromatic carbocycles. The van der Waals surface area contributed by atoms with Crippen LogP contribution in [0.15, 0.2) is 48.5 Å². The second-order valence-electron chi connectivity index (χ2n) is 5.69. The maximum atomic E-state index is 12.1. The Morgan fingerprint density at radius 1 is 1.17 bits per heavy atom. The third-order valence-corrected chi connectivity index (χ3v) is 4.09. The van der Waals surface area contributed by atoms with Gasteiger partial charge in [0.1, 0.15) is 12.0 Å². The van der Waals surface area contributed by atoms with Crippen molar-refractivity contribution in [1.82, 2.24) is 5.32 Å². The van der Waals surface area contributed by atoms with Gasteiger partial charge in [-0.05, 0) is 54.7 Å². The molecule has 0 saturated carbocycles. The van der Waals surface area contributed by atoms with Gasteiger partial charge in [-0.15, -0.1) is 0 Å². The summed E-state index contributed by atoms with van der Waals surface area (Å²) < 4.78 is 5.47. The monoisotopic (exact) mass is 309 g/mol. The zero-order valence-corrected chi connectivity index (χ0v) is 12.8. The van der Waals surface area contributed by atoms with Gasteiger partial charge in [-0.25, -0.2) is 0 Å². The Morgan fingerprint density at radius 2 is 1.96 bits per heavy atom. The highest BCUT2D eigenvalue weighted by Crippen LogP contribution is 2.29. The number of ether oxygens (including phenoxy) is 1. The zero-order valence-electron chi connectivity index (χ0n) is 12.8. The first-order chi connectivity index (χ1) is 11.3. The average molecular weight is 309 g/mol. The normalized spacial score (nSPS) is 16.3. The molecule has 0 saturated heterocycles. The minimum Gasteiger partial charge on any atom is -0.484 e. The van der Waals surface area contributed by atoms with E-state index in [0.29, 0.717) is 11.3 Å². The molecule has 1 atom stereocenters. The van der Waals surface area contributed by atoms with Crippen molar-refractivity contribution in [3.63, 3.8) is 0 Å². The lowest BCUT2D eigenvalue weighted by Gasteiger charge is -2.26. The molecule has 1 aliphatic rings. The van der Waals surface area contributed by atoms with Crippen LogP contribution in [0.2, 0.25) is 0 Å². The molecule has 0 aliphatic heterocycles. The van der Waals surface area contributed by atoms with Gasteiger partial charge in [0.2, 0.25) is 0 Å². The fraction of sp³-hybridized carbons (Fsp3) is 0.263. The molecular formula is C19H19NO3. The highest BCUT2D eigenvalue weighted by molar-refractivity contribution is 5.78. The number of carbonyl (C=O) groups is 2. The van der Waals surface area contributed by atoms with E-state index < -0.39 is 0 Å². The van der Waals surface area contributed by atoms with E-state index >= 15 is 0 Å². The molecule has 2 aromatic rings. The summed E-state index contributed by atoms with van der Waals surface area (Å²) in [6.45, 7) is -0.0287. The van der Waals surface area contributed by atoms with E-state index in [2.05, 4.69) is 17.4 Å². The molecule has 0 aromatic heterocycles. The first-order valence-corrected chi connectivity index (χ1v) is 7.81. The molecule has 0 bridgehead atoms. The van der Waals surface area contributed by atoms with E-state index in [1.165, 1.54) is 11.1 Å².